The van der Waals surface area contributed by atoms with E-state index in [1.54, 1.807) is 39.5 Å². The van der Waals surface area contributed by atoms with Gasteiger partial charge in [-0.2, -0.15) is 4.99 Å². The lowest BCUT2D eigenvalue weighted by Gasteiger charge is -2.13. The van der Waals surface area contributed by atoms with Crippen LogP contribution in [0.25, 0.3) is 6.08 Å². The molecule has 0 aromatic heterocycles. The molecule has 20 heavy (non-hydrogen) atoms. The fourth-order valence-electron chi connectivity index (χ4n) is 1.81. The first-order valence-corrected chi connectivity index (χ1v) is 6.52. The van der Waals surface area contributed by atoms with E-state index >= 15 is 0 Å². The lowest BCUT2D eigenvalue weighted by Crippen LogP contribution is -2.28. The molecule has 0 atom stereocenters. The minimum absolute atomic E-state index is 0.171. The third-order valence-corrected chi connectivity index (χ3v) is 3.56. The average molecular weight is 340 g/mol. The highest BCUT2D eigenvalue weighted by Gasteiger charge is 2.24. The number of amides is 1. The molecule has 1 heterocycles. The van der Waals surface area contributed by atoms with E-state index in [2.05, 4.69) is 20.9 Å². The lowest BCUT2D eigenvalue weighted by atomic mass is 10.1. The van der Waals surface area contributed by atoms with Crippen LogP contribution in [-0.4, -0.2) is 38.0 Å². The van der Waals surface area contributed by atoms with E-state index in [4.69, 9.17) is 15.2 Å². The highest BCUT2D eigenvalue weighted by atomic mass is 79.9. The summed E-state index contributed by atoms with van der Waals surface area (Å²) < 4.78 is 11.3. The van der Waals surface area contributed by atoms with Crippen molar-refractivity contribution in [1.29, 1.82) is 0 Å². The summed E-state index contributed by atoms with van der Waals surface area (Å²) in [5.41, 5.74) is 6.70. The molecular formula is C13H14BrN3O3. The van der Waals surface area contributed by atoms with Crippen LogP contribution in [0.1, 0.15) is 5.56 Å². The van der Waals surface area contributed by atoms with Crippen molar-refractivity contribution in [2.75, 3.05) is 21.3 Å². The molecule has 0 saturated carbocycles. The fraction of sp³-hybridized carbons (Fsp3) is 0.231. The number of carbonyl (C=O) groups is 1. The van der Waals surface area contributed by atoms with Gasteiger partial charge in [-0.1, -0.05) is 0 Å². The number of benzene rings is 1. The lowest BCUT2D eigenvalue weighted by molar-refractivity contribution is -0.114. The van der Waals surface area contributed by atoms with Gasteiger partial charge >= 0.3 is 0 Å². The van der Waals surface area contributed by atoms with E-state index in [1.165, 1.54) is 4.90 Å². The van der Waals surface area contributed by atoms with Gasteiger partial charge in [-0.3, -0.25) is 4.79 Å². The van der Waals surface area contributed by atoms with Crippen LogP contribution in [-0.2, 0) is 4.79 Å². The molecule has 7 heteroatoms. The normalized spacial score (nSPS) is 16.6. The topological polar surface area (TPSA) is 77.1 Å². The Morgan fingerprint density at radius 2 is 1.95 bits per heavy atom. The van der Waals surface area contributed by atoms with Crippen LogP contribution in [0, 0.1) is 0 Å². The third kappa shape index (κ3) is 2.49. The molecule has 106 valence electrons. The van der Waals surface area contributed by atoms with Gasteiger partial charge < -0.3 is 20.1 Å². The van der Waals surface area contributed by atoms with Gasteiger partial charge in [-0.15, -0.1) is 0 Å². The summed E-state index contributed by atoms with van der Waals surface area (Å²) in [7, 11) is 4.80. The van der Waals surface area contributed by atoms with Crippen molar-refractivity contribution in [3.63, 3.8) is 0 Å². The van der Waals surface area contributed by atoms with Crippen LogP contribution in [0.15, 0.2) is 27.3 Å². The Morgan fingerprint density at radius 3 is 2.45 bits per heavy atom. The van der Waals surface area contributed by atoms with Crippen LogP contribution in [0.5, 0.6) is 11.5 Å². The van der Waals surface area contributed by atoms with Crippen molar-refractivity contribution in [1.82, 2.24) is 4.90 Å². The van der Waals surface area contributed by atoms with E-state index in [9.17, 15) is 4.79 Å². The molecule has 6 nitrogen and oxygen atoms in total. The SMILES string of the molecule is COc1cc(/C=C2\C(=O)N=C(N)N2C)c(OC)cc1Br. The number of hydrogen-bond acceptors (Lipinski definition) is 5. The smallest absolute Gasteiger partial charge is 0.296 e. The number of carbonyl (C=O) groups excluding carboxylic acids is 1. The fourth-order valence-corrected chi connectivity index (χ4v) is 2.29. The van der Waals surface area contributed by atoms with Crippen LogP contribution in [0.2, 0.25) is 0 Å². The number of methoxy groups -OCH3 is 2. The van der Waals surface area contributed by atoms with Gasteiger partial charge in [-0.05, 0) is 34.1 Å². The summed E-state index contributed by atoms with van der Waals surface area (Å²) in [6, 6.07) is 3.54. The Labute approximate surface area is 125 Å². The predicted molar refractivity (Wildman–Crippen MR) is 79.6 cm³/mol. The quantitative estimate of drug-likeness (QED) is 0.846. The van der Waals surface area contributed by atoms with Gasteiger partial charge in [0.1, 0.15) is 17.2 Å². The van der Waals surface area contributed by atoms with E-state index < -0.39 is 0 Å². The molecule has 0 unspecified atom stereocenters. The van der Waals surface area contributed by atoms with Crippen molar-refractivity contribution in [3.05, 3.63) is 27.9 Å². The molecule has 0 saturated heterocycles. The standard InChI is InChI=1S/C13H14BrN3O3/c1-17-9(12(18)16-13(17)15)4-7-5-11(20-3)8(14)6-10(7)19-2/h4-6H,1-3H3,(H2,15,16,18)/b9-4+. The summed E-state index contributed by atoms with van der Waals surface area (Å²) in [4.78, 5) is 17.0. The Bertz CT molecular complexity index is 626. The molecule has 0 spiro atoms. The molecule has 0 radical (unpaired) electrons. The molecule has 2 rings (SSSR count). The molecule has 1 aromatic rings. The van der Waals surface area contributed by atoms with Crippen LogP contribution >= 0.6 is 15.9 Å². The van der Waals surface area contributed by atoms with Gasteiger partial charge in [0.2, 0.25) is 5.96 Å². The number of rotatable bonds is 3. The monoisotopic (exact) mass is 339 g/mol. The van der Waals surface area contributed by atoms with Gasteiger partial charge in [0.25, 0.3) is 5.91 Å². The van der Waals surface area contributed by atoms with Crippen LogP contribution in [0.3, 0.4) is 0 Å². The van der Waals surface area contributed by atoms with Crippen molar-refractivity contribution in [2.24, 2.45) is 10.7 Å². The zero-order chi connectivity index (χ0) is 14.9. The van der Waals surface area contributed by atoms with Crippen molar-refractivity contribution >= 4 is 33.9 Å². The van der Waals surface area contributed by atoms with E-state index in [1.807, 2.05) is 0 Å². The Kier molecular flexibility index (Phi) is 3.99. The van der Waals surface area contributed by atoms with Crippen LogP contribution in [0.4, 0.5) is 0 Å². The maximum atomic E-state index is 11.8. The minimum Gasteiger partial charge on any atom is -0.496 e. The summed E-state index contributed by atoms with van der Waals surface area (Å²) in [5, 5.41) is 0. The number of hydrogen-bond donors (Lipinski definition) is 1. The second-order valence-corrected chi connectivity index (χ2v) is 4.95. The first kappa shape index (κ1) is 14.4. The number of guanidine groups is 1. The third-order valence-electron chi connectivity index (χ3n) is 2.94. The Hall–Kier alpha value is -2.02. The van der Waals surface area contributed by atoms with E-state index in [0.717, 1.165) is 4.47 Å². The Morgan fingerprint density at radius 1 is 1.30 bits per heavy atom. The number of likely N-dealkylation sites (N-methyl/N-ethyl adjacent to an activating group) is 1. The summed E-state index contributed by atoms with van der Waals surface area (Å²) >= 11 is 3.38. The van der Waals surface area contributed by atoms with Crippen molar-refractivity contribution in [3.8, 4) is 11.5 Å². The number of aliphatic imine (C=N–C) groups is 1. The predicted octanol–water partition coefficient (Wildman–Crippen LogP) is 1.59. The Balaban J connectivity index is 2.51. The maximum absolute atomic E-state index is 11.8. The molecule has 0 fully saturated rings. The molecule has 1 amide bonds. The van der Waals surface area contributed by atoms with E-state index in [-0.39, 0.29) is 11.9 Å². The maximum Gasteiger partial charge on any atom is 0.296 e. The number of nitrogens with two attached hydrogens (primary N) is 1. The van der Waals surface area contributed by atoms with Gasteiger partial charge in [0.15, 0.2) is 0 Å². The summed E-state index contributed by atoms with van der Waals surface area (Å²) in [5.74, 6) is 1.04. The molecule has 0 aliphatic carbocycles. The van der Waals surface area contributed by atoms with Gasteiger partial charge in [0, 0.05) is 12.6 Å². The molecule has 2 N–H and O–H groups in total. The molecule has 0 bridgehead atoms. The molecule has 1 aliphatic rings. The highest BCUT2D eigenvalue weighted by molar-refractivity contribution is 9.10. The molecular weight excluding hydrogens is 326 g/mol. The van der Waals surface area contributed by atoms with Gasteiger partial charge in [0.05, 0.1) is 18.7 Å². The average Bonchev–Trinajstić information content (AvgIpc) is 2.66. The van der Waals surface area contributed by atoms with Crippen LogP contribution < -0.4 is 15.2 Å². The zero-order valence-electron chi connectivity index (χ0n) is 11.3. The number of halogens is 1. The molecule has 1 aromatic carbocycles. The molecule has 1 aliphatic heterocycles. The van der Waals surface area contributed by atoms with Crippen molar-refractivity contribution in [2.45, 2.75) is 0 Å². The first-order chi connectivity index (χ1) is 9.47. The highest BCUT2D eigenvalue weighted by Crippen LogP contribution is 2.34. The first-order valence-electron chi connectivity index (χ1n) is 5.73. The summed E-state index contributed by atoms with van der Waals surface area (Å²) in [6.45, 7) is 0. The minimum atomic E-state index is -0.381. The second-order valence-electron chi connectivity index (χ2n) is 4.09. The summed E-state index contributed by atoms with van der Waals surface area (Å²) in [6.07, 6.45) is 1.67. The van der Waals surface area contributed by atoms with E-state index in [0.29, 0.717) is 22.8 Å². The van der Waals surface area contributed by atoms with Crippen molar-refractivity contribution < 1.29 is 14.3 Å². The second kappa shape index (κ2) is 5.54. The largest absolute Gasteiger partial charge is 0.496 e. The number of nitrogens with zero attached hydrogens (tertiary/aromatic N) is 2. The number of ether oxygens (including phenoxy) is 2. The van der Waals surface area contributed by atoms with Gasteiger partial charge in [-0.25, -0.2) is 0 Å². The zero-order valence-corrected chi connectivity index (χ0v) is 12.9.